The minimum atomic E-state index is -0.138. The van der Waals surface area contributed by atoms with Gasteiger partial charge in [-0.15, -0.1) is 24.8 Å². The van der Waals surface area contributed by atoms with Crippen LogP contribution in [0.3, 0.4) is 0 Å². The Balaban J connectivity index is 0.00000162. The molecule has 1 aliphatic heterocycles. The Morgan fingerprint density at radius 2 is 1.89 bits per heavy atom. The number of halogens is 3. The summed E-state index contributed by atoms with van der Waals surface area (Å²) in [6.45, 7) is 8.47. The van der Waals surface area contributed by atoms with E-state index >= 15 is 0 Å². The lowest BCUT2D eigenvalue weighted by molar-refractivity contribution is 0.169. The molecule has 0 radical (unpaired) electrons. The molecule has 0 saturated carbocycles. The van der Waals surface area contributed by atoms with Crippen LogP contribution >= 0.6 is 24.8 Å². The van der Waals surface area contributed by atoms with Crippen LogP contribution in [-0.4, -0.2) is 31.1 Å². The molecule has 1 N–H and O–H groups in total. The van der Waals surface area contributed by atoms with E-state index in [9.17, 15) is 4.39 Å². The Morgan fingerprint density at radius 3 is 2.42 bits per heavy atom. The summed E-state index contributed by atoms with van der Waals surface area (Å²) in [4.78, 5) is 2.50. The van der Waals surface area contributed by atoms with E-state index in [4.69, 9.17) is 0 Å². The molecule has 5 heteroatoms. The summed E-state index contributed by atoms with van der Waals surface area (Å²) in [5.41, 5.74) is 2.34. The summed E-state index contributed by atoms with van der Waals surface area (Å²) in [6.07, 6.45) is 1.08. The van der Waals surface area contributed by atoms with Gasteiger partial charge in [-0.1, -0.05) is 13.0 Å². The van der Waals surface area contributed by atoms with E-state index in [0.29, 0.717) is 6.04 Å². The first-order valence-electron chi connectivity index (χ1n) is 6.43. The lowest BCUT2D eigenvalue weighted by Gasteiger charge is -2.35. The van der Waals surface area contributed by atoms with E-state index in [1.165, 1.54) is 5.56 Å². The molecule has 0 bridgehead atoms. The van der Waals surface area contributed by atoms with Crippen LogP contribution in [0.2, 0.25) is 0 Å². The number of hydrogen-bond acceptors (Lipinski definition) is 2. The van der Waals surface area contributed by atoms with Crippen molar-refractivity contribution in [3.63, 3.8) is 0 Å². The van der Waals surface area contributed by atoms with Crippen molar-refractivity contribution in [1.29, 1.82) is 0 Å². The predicted octanol–water partition coefficient (Wildman–Crippen LogP) is 3.33. The summed E-state index contributed by atoms with van der Waals surface area (Å²) in [5, 5.41) is 3.37. The van der Waals surface area contributed by atoms with Gasteiger partial charge in [0.2, 0.25) is 0 Å². The first-order valence-corrected chi connectivity index (χ1v) is 6.43. The van der Waals surface area contributed by atoms with Crippen LogP contribution in [-0.2, 0) is 0 Å². The molecule has 1 aliphatic rings. The summed E-state index contributed by atoms with van der Waals surface area (Å²) < 4.78 is 13.1. The van der Waals surface area contributed by atoms with Crippen LogP contribution in [0.5, 0.6) is 0 Å². The number of hydrogen-bond donors (Lipinski definition) is 1. The molecular formula is C14H23Cl2FN2. The van der Waals surface area contributed by atoms with Gasteiger partial charge in [0, 0.05) is 32.2 Å². The van der Waals surface area contributed by atoms with E-state index in [-0.39, 0.29) is 30.6 Å². The average molecular weight is 309 g/mol. The first kappa shape index (κ1) is 18.7. The molecule has 0 amide bonds. The van der Waals surface area contributed by atoms with Gasteiger partial charge in [0.15, 0.2) is 0 Å². The standard InChI is InChI=1S/C14H21FN2.2ClH/c1-3-14(17-8-6-16-7-9-17)13-5-4-12(15)10-11(13)2;;/h4-5,10,14,16H,3,6-9H2,1-2H3;2*1H/t14-;;/m0../s1. The lowest BCUT2D eigenvalue weighted by atomic mass is 9.97. The highest BCUT2D eigenvalue weighted by molar-refractivity contribution is 5.85. The molecule has 1 aromatic carbocycles. The fraction of sp³-hybridized carbons (Fsp3) is 0.571. The molecule has 0 unspecified atom stereocenters. The maximum atomic E-state index is 13.1. The maximum Gasteiger partial charge on any atom is 0.123 e. The third-order valence-corrected chi connectivity index (χ3v) is 3.57. The zero-order valence-electron chi connectivity index (χ0n) is 11.5. The van der Waals surface area contributed by atoms with Crippen LogP contribution in [0.4, 0.5) is 4.39 Å². The highest BCUT2D eigenvalue weighted by atomic mass is 35.5. The lowest BCUT2D eigenvalue weighted by Crippen LogP contribution is -2.45. The van der Waals surface area contributed by atoms with Crippen molar-refractivity contribution in [3.8, 4) is 0 Å². The van der Waals surface area contributed by atoms with Crippen molar-refractivity contribution in [2.24, 2.45) is 0 Å². The number of benzene rings is 1. The largest absolute Gasteiger partial charge is 0.314 e. The summed E-state index contributed by atoms with van der Waals surface area (Å²) >= 11 is 0. The van der Waals surface area contributed by atoms with Crippen molar-refractivity contribution in [2.45, 2.75) is 26.3 Å². The minimum absolute atomic E-state index is 0. The van der Waals surface area contributed by atoms with Gasteiger partial charge in [-0.25, -0.2) is 4.39 Å². The van der Waals surface area contributed by atoms with Crippen molar-refractivity contribution in [2.75, 3.05) is 26.2 Å². The first-order chi connectivity index (χ1) is 8.22. The molecule has 0 spiro atoms. The topological polar surface area (TPSA) is 15.3 Å². The fourth-order valence-electron chi connectivity index (χ4n) is 2.68. The number of piperazine rings is 1. The third kappa shape index (κ3) is 4.60. The zero-order valence-corrected chi connectivity index (χ0v) is 13.1. The van der Waals surface area contributed by atoms with Crippen LogP contribution in [0.25, 0.3) is 0 Å². The van der Waals surface area contributed by atoms with E-state index in [0.717, 1.165) is 38.2 Å². The zero-order chi connectivity index (χ0) is 12.3. The fourth-order valence-corrected chi connectivity index (χ4v) is 2.68. The molecule has 2 rings (SSSR count). The van der Waals surface area contributed by atoms with E-state index in [1.54, 1.807) is 12.1 Å². The summed E-state index contributed by atoms with van der Waals surface area (Å²) in [6, 6.07) is 5.59. The quantitative estimate of drug-likeness (QED) is 0.921. The minimum Gasteiger partial charge on any atom is -0.314 e. The Kier molecular flexibility index (Phi) is 8.59. The number of nitrogens with zero attached hydrogens (tertiary/aromatic N) is 1. The SMILES string of the molecule is CC[C@@H](c1ccc(F)cc1C)N1CCNCC1.Cl.Cl. The summed E-state index contributed by atoms with van der Waals surface area (Å²) in [7, 11) is 0. The molecular weight excluding hydrogens is 286 g/mol. The van der Waals surface area contributed by atoms with Crippen molar-refractivity contribution < 1.29 is 4.39 Å². The third-order valence-electron chi connectivity index (χ3n) is 3.57. The van der Waals surface area contributed by atoms with E-state index in [2.05, 4.69) is 17.1 Å². The molecule has 0 aliphatic carbocycles. The number of aryl methyl sites for hydroxylation is 1. The molecule has 1 atom stereocenters. The molecule has 1 fully saturated rings. The molecule has 1 heterocycles. The van der Waals surface area contributed by atoms with Crippen LogP contribution in [0, 0.1) is 12.7 Å². The Bertz CT molecular complexity index is 382. The second-order valence-corrected chi connectivity index (χ2v) is 4.71. The monoisotopic (exact) mass is 308 g/mol. The van der Waals surface area contributed by atoms with Crippen LogP contribution in [0.15, 0.2) is 18.2 Å². The van der Waals surface area contributed by atoms with Gasteiger partial charge in [-0.05, 0) is 36.6 Å². The van der Waals surface area contributed by atoms with E-state index in [1.807, 2.05) is 13.0 Å². The highest BCUT2D eigenvalue weighted by Gasteiger charge is 2.21. The molecule has 110 valence electrons. The van der Waals surface area contributed by atoms with Crippen LogP contribution < -0.4 is 5.32 Å². The van der Waals surface area contributed by atoms with Crippen molar-refractivity contribution in [3.05, 3.63) is 35.1 Å². The van der Waals surface area contributed by atoms with Gasteiger partial charge in [0.1, 0.15) is 5.82 Å². The Labute approximate surface area is 127 Å². The van der Waals surface area contributed by atoms with Gasteiger partial charge in [-0.3, -0.25) is 4.90 Å². The van der Waals surface area contributed by atoms with Gasteiger partial charge in [0.05, 0.1) is 0 Å². The maximum absolute atomic E-state index is 13.1. The second kappa shape index (κ2) is 8.75. The number of rotatable bonds is 3. The second-order valence-electron chi connectivity index (χ2n) is 4.71. The smallest absolute Gasteiger partial charge is 0.123 e. The molecule has 0 aromatic heterocycles. The highest BCUT2D eigenvalue weighted by Crippen LogP contribution is 2.27. The Hall–Kier alpha value is -0.350. The van der Waals surface area contributed by atoms with Gasteiger partial charge >= 0.3 is 0 Å². The Morgan fingerprint density at radius 1 is 1.26 bits per heavy atom. The van der Waals surface area contributed by atoms with Crippen molar-refractivity contribution >= 4 is 24.8 Å². The normalized spacial score (nSPS) is 17.2. The van der Waals surface area contributed by atoms with Crippen LogP contribution in [0.1, 0.15) is 30.5 Å². The van der Waals surface area contributed by atoms with Gasteiger partial charge in [-0.2, -0.15) is 0 Å². The molecule has 2 nitrogen and oxygen atoms in total. The molecule has 1 aromatic rings. The van der Waals surface area contributed by atoms with E-state index < -0.39 is 0 Å². The van der Waals surface area contributed by atoms with Crippen molar-refractivity contribution in [1.82, 2.24) is 10.2 Å². The average Bonchev–Trinajstić information content (AvgIpc) is 2.34. The predicted molar refractivity (Wildman–Crippen MR) is 83.1 cm³/mol. The van der Waals surface area contributed by atoms with Gasteiger partial charge < -0.3 is 5.32 Å². The molecule has 19 heavy (non-hydrogen) atoms. The molecule has 1 saturated heterocycles. The number of nitrogens with one attached hydrogen (secondary N) is 1. The van der Waals surface area contributed by atoms with Gasteiger partial charge in [0.25, 0.3) is 0 Å². The summed E-state index contributed by atoms with van der Waals surface area (Å²) in [5.74, 6) is -0.138.